The summed E-state index contributed by atoms with van der Waals surface area (Å²) in [6.45, 7) is 4.38. The second-order valence-electron chi connectivity index (χ2n) is 4.39. The van der Waals surface area contributed by atoms with E-state index < -0.39 is 5.97 Å². The van der Waals surface area contributed by atoms with Crippen LogP contribution >= 0.6 is 0 Å². The van der Waals surface area contributed by atoms with Crippen molar-refractivity contribution in [1.29, 1.82) is 0 Å². The molecule has 1 amide bonds. The molecule has 1 aromatic carbocycles. The summed E-state index contributed by atoms with van der Waals surface area (Å²) in [6, 6.07) is 6.70. The normalized spacial score (nSPS) is 10.2. The molecule has 5 nitrogen and oxygen atoms in total. The molecule has 0 aliphatic heterocycles. The number of rotatable bonds is 7. The summed E-state index contributed by atoms with van der Waals surface area (Å²) in [5.74, 6) is -0.606. The Morgan fingerprint density at radius 1 is 1.20 bits per heavy atom. The number of amides is 1. The quantitative estimate of drug-likeness (QED) is 0.770. The maximum absolute atomic E-state index is 12.3. The number of esters is 1. The first-order valence-electron chi connectivity index (χ1n) is 6.77. The lowest BCUT2D eigenvalue weighted by Gasteiger charge is -2.21. The molecule has 1 rings (SSSR count). The van der Waals surface area contributed by atoms with Crippen LogP contribution in [0.25, 0.3) is 0 Å². The van der Waals surface area contributed by atoms with Crippen molar-refractivity contribution >= 4 is 11.9 Å². The molecule has 0 unspecified atom stereocenters. The van der Waals surface area contributed by atoms with Crippen LogP contribution in [-0.4, -0.2) is 41.6 Å². The highest BCUT2D eigenvalue weighted by Crippen LogP contribution is 2.09. The smallest absolute Gasteiger partial charge is 0.325 e. The van der Waals surface area contributed by atoms with Crippen LogP contribution in [0.4, 0.5) is 0 Å². The zero-order valence-corrected chi connectivity index (χ0v) is 12.0. The lowest BCUT2D eigenvalue weighted by molar-refractivity contribution is -0.143. The van der Waals surface area contributed by atoms with E-state index >= 15 is 0 Å². The average molecular weight is 279 g/mol. The van der Waals surface area contributed by atoms with Crippen LogP contribution in [0.5, 0.6) is 0 Å². The SMILES string of the molecule is CCCN(CC(=O)OCC)C(=O)c1ccc(CO)cc1. The van der Waals surface area contributed by atoms with Gasteiger partial charge in [-0.05, 0) is 31.0 Å². The second kappa shape index (κ2) is 8.32. The molecule has 0 aliphatic rings. The molecule has 1 aromatic rings. The Bertz CT molecular complexity index is 442. The molecule has 0 aromatic heterocycles. The molecule has 0 spiro atoms. The second-order valence-corrected chi connectivity index (χ2v) is 4.39. The summed E-state index contributed by atoms with van der Waals surface area (Å²) in [5, 5.41) is 8.98. The van der Waals surface area contributed by atoms with Crippen molar-refractivity contribution in [2.75, 3.05) is 19.7 Å². The number of carbonyl (C=O) groups excluding carboxylic acids is 2. The van der Waals surface area contributed by atoms with E-state index in [1.807, 2.05) is 6.92 Å². The lowest BCUT2D eigenvalue weighted by Crippen LogP contribution is -2.37. The Labute approximate surface area is 119 Å². The van der Waals surface area contributed by atoms with Gasteiger partial charge in [-0.3, -0.25) is 9.59 Å². The van der Waals surface area contributed by atoms with Crippen molar-refractivity contribution < 1.29 is 19.4 Å². The average Bonchev–Trinajstić information content (AvgIpc) is 2.46. The van der Waals surface area contributed by atoms with Gasteiger partial charge in [-0.15, -0.1) is 0 Å². The zero-order valence-electron chi connectivity index (χ0n) is 12.0. The van der Waals surface area contributed by atoms with Gasteiger partial charge in [0, 0.05) is 12.1 Å². The molecule has 0 atom stereocenters. The fourth-order valence-corrected chi connectivity index (χ4v) is 1.82. The first-order chi connectivity index (χ1) is 9.62. The van der Waals surface area contributed by atoms with Gasteiger partial charge in [0.1, 0.15) is 6.54 Å². The topological polar surface area (TPSA) is 66.8 Å². The Morgan fingerprint density at radius 2 is 1.85 bits per heavy atom. The van der Waals surface area contributed by atoms with E-state index in [1.165, 1.54) is 4.90 Å². The molecule has 0 bridgehead atoms. The summed E-state index contributed by atoms with van der Waals surface area (Å²) < 4.78 is 4.88. The first-order valence-corrected chi connectivity index (χ1v) is 6.77. The van der Waals surface area contributed by atoms with Gasteiger partial charge < -0.3 is 14.7 Å². The van der Waals surface area contributed by atoms with Crippen LogP contribution in [0, 0.1) is 0 Å². The molecule has 5 heteroatoms. The van der Waals surface area contributed by atoms with E-state index in [1.54, 1.807) is 31.2 Å². The van der Waals surface area contributed by atoms with E-state index in [0.717, 1.165) is 12.0 Å². The van der Waals surface area contributed by atoms with Crippen molar-refractivity contribution in [3.05, 3.63) is 35.4 Å². The number of aliphatic hydroxyl groups excluding tert-OH is 1. The minimum atomic E-state index is -0.402. The van der Waals surface area contributed by atoms with Crippen molar-refractivity contribution in [2.45, 2.75) is 26.9 Å². The largest absolute Gasteiger partial charge is 0.465 e. The number of hydrogen-bond donors (Lipinski definition) is 1. The Hall–Kier alpha value is -1.88. The summed E-state index contributed by atoms with van der Waals surface area (Å²) in [5.41, 5.74) is 1.24. The first kappa shape index (κ1) is 16.2. The van der Waals surface area contributed by atoms with Gasteiger partial charge in [-0.25, -0.2) is 0 Å². The molecule has 1 N–H and O–H groups in total. The van der Waals surface area contributed by atoms with Gasteiger partial charge in [0.25, 0.3) is 5.91 Å². The number of carbonyl (C=O) groups is 2. The number of nitrogens with zero attached hydrogens (tertiary/aromatic N) is 1. The van der Waals surface area contributed by atoms with E-state index in [9.17, 15) is 9.59 Å². The molecule has 0 heterocycles. The number of ether oxygens (including phenoxy) is 1. The Kier molecular flexibility index (Phi) is 6.73. The van der Waals surface area contributed by atoms with Crippen molar-refractivity contribution in [2.24, 2.45) is 0 Å². The van der Waals surface area contributed by atoms with E-state index in [2.05, 4.69) is 0 Å². The van der Waals surface area contributed by atoms with Crippen LogP contribution < -0.4 is 0 Å². The van der Waals surface area contributed by atoms with Crippen LogP contribution in [0.15, 0.2) is 24.3 Å². The summed E-state index contributed by atoms with van der Waals surface area (Å²) >= 11 is 0. The summed E-state index contributed by atoms with van der Waals surface area (Å²) in [6.07, 6.45) is 0.764. The van der Waals surface area contributed by atoms with Crippen molar-refractivity contribution in [3.8, 4) is 0 Å². The molecule has 0 radical (unpaired) electrons. The van der Waals surface area contributed by atoms with Gasteiger partial charge in [-0.2, -0.15) is 0 Å². The fraction of sp³-hybridized carbons (Fsp3) is 0.467. The van der Waals surface area contributed by atoms with Gasteiger partial charge in [0.2, 0.25) is 0 Å². The van der Waals surface area contributed by atoms with E-state index in [4.69, 9.17) is 9.84 Å². The van der Waals surface area contributed by atoms with Crippen LogP contribution in [0.3, 0.4) is 0 Å². The number of hydrogen-bond acceptors (Lipinski definition) is 4. The molecule has 20 heavy (non-hydrogen) atoms. The lowest BCUT2D eigenvalue weighted by atomic mass is 10.1. The van der Waals surface area contributed by atoms with Gasteiger partial charge in [0.05, 0.1) is 13.2 Å². The molecule has 0 saturated carbocycles. The molecular formula is C15H21NO4. The van der Waals surface area contributed by atoms with Crippen LogP contribution in [0.2, 0.25) is 0 Å². The maximum Gasteiger partial charge on any atom is 0.325 e. The monoisotopic (exact) mass is 279 g/mol. The third kappa shape index (κ3) is 4.66. The van der Waals surface area contributed by atoms with Crippen LogP contribution in [0.1, 0.15) is 36.2 Å². The van der Waals surface area contributed by atoms with Crippen molar-refractivity contribution in [1.82, 2.24) is 4.90 Å². The van der Waals surface area contributed by atoms with Gasteiger partial charge in [-0.1, -0.05) is 19.1 Å². The Morgan fingerprint density at radius 3 is 2.35 bits per heavy atom. The molecule has 0 saturated heterocycles. The standard InChI is InChI=1S/C15H21NO4/c1-3-9-16(10-14(18)20-4-2)15(19)13-7-5-12(11-17)6-8-13/h5-8,17H,3-4,9-11H2,1-2H3. The zero-order chi connectivity index (χ0) is 15.0. The maximum atomic E-state index is 12.3. The predicted octanol–water partition coefficient (Wildman–Crippen LogP) is 1.59. The fourth-order valence-electron chi connectivity index (χ4n) is 1.82. The predicted molar refractivity (Wildman–Crippen MR) is 75.2 cm³/mol. The third-order valence-electron chi connectivity index (χ3n) is 2.79. The van der Waals surface area contributed by atoms with Crippen LogP contribution in [-0.2, 0) is 16.1 Å². The molecular weight excluding hydrogens is 258 g/mol. The summed E-state index contributed by atoms with van der Waals surface area (Å²) in [7, 11) is 0. The molecule has 0 fully saturated rings. The van der Waals surface area contributed by atoms with Gasteiger partial charge in [0.15, 0.2) is 0 Å². The highest BCUT2D eigenvalue weighted by Gasteiger charge is 2.18. The van der Waals surface area contributed by atoms with Crippen molar-refractivity contribution in [3.63, 3.8) is 0 Å². The minimum Gasteiger partial charge on any atom is -0.465 e. The molecule has 0 aliphatic carbocycles. The van der Waals surface area contributed by atoms with E-state index in [0.29, 0.717) is 18.7 Å². The molecule has 110 valence electrons. The number of aliphatic hydroxyl groups is 1. The van der Waals surface area contributed by atoms with E-state index in [-0.39, 0.29) is 19.1 Å². The third-order valence-corrected chi connectivity index (χ3v) is 2.79. The highest BCUT2D eigenvalue weighted by atomic mass is 16.5. The van der Waals surface area contributed by atoms with Gasteiger partial charge >= 0.3 is 5.97 Å². The number of benzene rings is 1. The summed E-state index contributed by atoms with van der Waals surface area (Å²) in [4.78, 5) is 25.3. The Balaban J connectivity index is 2.78. The minimum absolute atomic E-state index is 0.0394. The highest BCUT2D eigenvalue weighted by molar-refractivity contribution is 5.96.